The second-order valence-electron chi connectivity index (χ2n) is 10.6. The Morgan fingerprint density at radius 1 is 0.511 bits per heavy atom. The lowest BCUT2D eigenvalue weighted by Gasteiger charge is -2.07. The smallest absolute Gasteiger partial charge is 0.180 e. The van der Waals surface area contributed by atoms with Crippen LogP contribution in [-0.2, 0) is 0 Å². The molecule has 0 aliphatic heterocycles. The van der Waals surface area contributed by atoms with Crippen LogP contribution in [-0.4, -0.2) is 38.7 Å². The number of nitrogens with zero attached hydrogens (tertiary/aromatic N) is 8. The third-order valence-electron chi connectivity index (χ3n) is 7.31. The standard InChI is InChI=1S/C18H14ClN5.C18H15N5/c1-12-17(24-11-3-2-4-16(24)21-12)18-20-10-9-15(23-18)22-14-7-5-13(19)6-8-14;1-13-17(23-12-6-5-9-16(23)20-13)18-19-11-10-15(22-18)21-14-7-3-2-4-8-14/h2-11H,1H3,(H,20,22,23);2-12H,1H3,(H,19,21,22). The third-order valence-corrected chi connectivity index (χ3v) is 7.56. The molecule has 8 aromatic rings. The van der Waals surface area contributed by atoms with Crippen molar-refractivity contribution in [2.24, 2.45) is 0 Å². The molecule has 47 heavy (non-hydrogen) atoms. The minimum atomic E-state index is 0.630. The number of halogens is 1. The van der Waals surface area contributed by atoms with E-state index in [0.717, 1.165) is 51.3 Å². The molecule has 0 bridgehead atoms. The van der Waals surface area contributed by atoms with Gasteiger partial charge in [-0.25, -0.2) is 29.9 Å². The number of hydrogen-bond acceptors (Lipinski definition) is 8. The molecule has 0 unspecified atom stereocenters. The van der Waals surface area contributed by atoms with Gasteiger partial charge in [-0.1, -0.05) is 41.9 Å². The van der Waals surface area contributed by atoms with E-state index in [4.69, 9.17) is 11.6 Å². The van der Waals surface area contributed by atoms with Crippen LogP contribution in [0.1, 0.15) is 11.4 Å². The number of hydrogen-bond donors (Lipinski definition) is 2. The fourth-order valence-electron chi connectivity index (χ4n) is 5.20. The molecular weight excluding hydrogens is 608 g/mol. The molecule has 0 saturated heterocycles. The minimum absolute atomic E-state index is 0.630. The van der Waals surface area contributed by atoms with Crippen molar-refractivity contribution in [1.82, 2.24) is 38.7 Å². The molecule has 0 saturated carbocycles. The summed E-state index contributed by atoms with van der Waals surface area (Å²) in [6.45, 7) is 3.94. The summed E-state index contributed by atoms with van der Waals surface area (Å²) in [5, 5.41) is 7.25. The fourth-order valence-corrected chi connectivity index (χ4v) is 5.33. The van der Waals surface area contributed by atoms with Gasteiger partial charge in [0, 0.05) is 41.2 Å². The predicted octanol–water partition coefficient (Wildman–Crippen LogP) is 8.34. The van der Waals surface area contributed by atoms with Gasteiger partial charge in [-0.15, -0.1) is 0 Å². The Morgan fingerprint density at radius 3 is 1.49 bits per heavy atom. The molecule has 6 heterocycles. The first-order chi connectivity index (χ1) is 23.0. The van der Waals surface area contributed by atoms with Gasteiger partial charge >= 0.3 is 0 Å². The molecule has 2 aromatic carbocycles. The van der Waals surface area contributed by atoms with E-state index in [1.807, 2.05) is 138 Å². The zero-order valence-electron chi connectivity index (χ0n) is 25.6. The molecule has 0 amide bonds. The number of pyridine rings is 2. The quantitative estimate of drug-likeness (QED) is 0.187. The fraction of sp³-hybridized carbons (Fsp3) is 0.0556. The summed E-state index contributed by atoms with van der Waals surface area (Å²) < 4.78 is 4.01. The highest BCUT2D eigenvalue weighted by molar-refractivity contribution is 6.30. The molecule has 0 spiro atoms. The average Bonchev–Trinajstić information content (AvgIpc) is 3.62. The number of aryl methyl sites for hydroxylation is 2. The van der Waals surface area contributed by atoms with Crippen LogP contribution >= 0.6 is 11.6 Å². The molecule has 10 nitrogen and oxygen atoms in total. The van der Waals surface area contributed by atoms with E-state index in [9.17, 15) is 0 Å². The van der Waals surface area contributed by atoms with Crippen molar-refractivity contribution < 1.29 is 0 Å². The van der Waals surface area contributed by atoms with Gasteiger partial charge in [0.1, 0.15) is 34.3 Å². The van der Waals surface area contributed by atoms with Crippen LogP contribution in [0.2, 0.25) is 5.02 Å². The predicted molar refractivity (Wildman–Crippen MR) is 186 cm³/mol. The van der Waals surface area contributed by atoms with E-state index in [1.165, 1.54) is 0 Å². The number of fused-ring (bicyclic) bond motifs is 2. The Bertz CT molecular complexity index is 2300. The van der Waals surface area contributed by atoms with Gasteiger partial charge in [0.25, 0.3) is 0 Å². The van der Waals surface area contributed by atoms with Crippen LogP contribution in [0, 0.1) is 13.8 Å². The van der Waals surface area contributed by atoms with Gasteiger partial charge in [0.05, 0.1) is 11.4 Å². The minimum Gasteiger partial charge on any atom is -0.340 e. The zero-order valence-corrected chi connectivity index (χ0v) is 26.3. The van der Waals surface area contributed by atoms with Crippen LogP contribution in [0.15, 0.2) is 128 Å². The SMILES string of the molecule is Cc1nc2ccccn2c1-c1nccc(Nc2ccc(Cl)cc2)n1.Cc1nc2ccccn2c1-c1nccc(Nc2ccccc2)n1. The summed E-state index contributed by atoms with van der Waals surface area (Å²) in [5.41, 5.74) is 7.29. The normalized spacial score (nSPS) is 10.9. The van der Waals surface area contributed by atoms with E-state index in [0.29, 0.717) is 22.5 Å². The Morgan fingerprint density at radius 2 is 0.979 bits per heavy atom. The summed E-state index contributed by atoms with van der Waals surface area (Å²) in [4.78, 5) is 27.2. The summed E-state index contributed by atoms with van der Waals surface area (Å²) in [7, 11) is 0. The Kier molecular flexibility index (Phi) is 8.23. The highest BCUT2D eigenvalue weighted by Gasteiger charge is 2.15. The molecule has 0 atom stereocenters. The summed E-state index contributed by atoms with van der Waals surface area (Å²) in [6, 6.07) is 32.9. The van der Waals surface area contributed by atoms with Crippen LogP contribution in [0.25, 0.3) is 34.3 Å². The summed E-state index contributed by atoms with van der Waals surface area (Å²) in [6.07, 6.45) is 7.44. The first-order valence-corrected chi connectivity index (χ1v) is 15.3. The molecule has 0 fully saturated rings. The Hall–Kier alpha value is -6.13. The van der Waals surface area contributed by atoms with Crippen molar-refractivity contribution in [3.8, 4) is 23.0 Å². The number of aromatic nitrogens is 8. The molecule has 0 radical (unpaired) electrons. The number of para-hydroxylation sites is 1. The molecule has 230 valence electrons. The van der Waals surface area contributed by atoms with Crippen molar-refractivity contribution in [1.29, 1.82) is 0 Å². The van der Waals surface area contributed by atoms with Gasteiger partial charge in [0.2, 0.25) is 0 Å². The first kappa shape index (κ1) is 29.6. The lowest BCUT2D eigenvalue weighted by Crippen LogP contribution is -1.99. The zero-order chi connectivity index (χ0) is 32.2. The number of benzene rings is 2. The van der Waals surface area contributed by atoms with Crippen molar-refractivity contribution in [3.05, 3.63) is 144 Å². The van der Waals surface area contributed by atoms with E-state index in [-0.39, 0.29) is 0 Å². The monoisotopic (exact) mass is 636 g/mol. The van der Waals surface area contributed by atoms with Gasteiger partial charge in [-0.2, -0.15) is 0 Å². The van der Waals surface area contributed by atoms with Crippen molar-refractivity contribution in [2.75, 3.05) is 10.6 Å². The van der Waals surface area contributed by atoms with Crippen LogP contribution < -0.4 is 10.6 Å². The molecule has 0 aliphatic rings. The summed E-state index contributed by atoms with van der Waals surface area (Å²) in [5.74, 6) is 2.76. The van der Waals surface area contributed by atoms with Crippen molar-refractivity contribution in [2.45, 2.75) is 13.8 Å². The molecule has 11 heteroatoms. The van der Waals surface area contributed by atoms with Gasteiger partial charge in [0.15, 0.2) is 11.6 Å². The van der Waals surface area contributed by atoms with E-state index >= 15 is 0 Å². The molecule has 6 aromatic heterocycles. The van der Waals surface area contributed by atoms with E-state index in [1.54, 1.807) is 12.4 Å². The number of imidazole rings is 2. The van der Waals surface area contributed by atoms with Crippen LogP contribution in [0.5, 0.6) is 0 Å². The Balaban J connectivity index is 0.000000150. The second kappa shape index (κ2) is 13.1. The maximum Gasteiger partial charge on any atom is 0.180 e. The second-order valence-corrected chi connectivity index (χ2v) is 11.0. The maximum absolute atomic E-state index is 5.92. The van der Waals surface area contributed by atoms with Gasteiger partial charge in [-0.3, -0.25) is 8.80 Å². The Labute approximate surface area is 275 Å². The lowest BCUT2D eigenvalue weighted by atomic mass is 10.3. The number of rotatable bonds is 6. The van der Waals surface area contributed by atoms with Crippen molar-refractivity contribution in [3.63, 3.8) is 0 Å². The van der Waals surface area contributed by atoms with Gasteiger partial charge in [-0.05, 0) is 86.6 Å². The van der Waals surface area contributed by atoms with E-state index < -0.39 is 0 Å². The average molecular weight is 637 g/mol. The van der Waals surface area contributed by atoms with Crippen LogP contribution in [0.3, 0.4) is 0 Å². The molecule has 0 aliphatic carbocycles. The first-order valence-electron chi connectivity index (χ1n) is 14.9. The molecule has 8 rings (SSSR count). The summed E-state index contributed by atoms with van der Waals surface area (Å²) >= 11 is 5.92. The topological polar surface area (TPSA) is 110 Å². The van der Waals surface area contributed by atoms with Crippen molar-refractivity contribution >= 4 is 45.9 Å². The molecular formula is C36H29ClN10. The highest BCUT2D eigenvalue weighted by atomic mass is 35.5. The molecule has 2 N–H and O–H groups in total. The third kappa shape index (κ3) is 6.49. The largest absolute Gasteiger partial charge is 0.340 e. The number of anilines is 4. The van der Waals surface area contributed by atoms with Gasteiger partial charge < -0.3 is 10.6 Å². The maximum atomic E-state index is 5.92. The number of nitrogens with one attached hydrogen (secondary N) is 2. The lowest BCUT2D eigenvalue weighted by molar-refractivity contribution is 1.10. The van der Waals surface area contributed by atoms with Crippen LogP contribution in [0.4, 0.5) is 23.0 Å². The highest BCUT2D eigenvalue weighted by Crippen LogP contribution is 2.25. The van der Waals surface area contributed by atoms with E-state index in [2.05, 4.69) is 40.5 Å².